The molecule has 0 unspecified atom stereocenters. The molecule has 0 heterocycles. The Kier molecular flexibility index (Phi) is 26.2. The first-order valence-corrected chi connectivity index (χ1v) is 20.3. The molecule has 0 saturated heterocycles. The van der Waals surface area contributed by atoms with Crippen molar-refractivity contribution in [1.29, 1.82) is 0 Å². The van der Waals surface area contributed by atoms with E-state index in [1.807, 2.05) is 0 Å². The zero-order chi connectivity index (χ0) is 31.4. The summed E-state index contributed by atoms with van der Waals surface area (Å²) >= 11 is 0. The maximum atomic E-state index is 3.00. The average molecular weight is 599 g/mol. The summed E-state index contributed by atoms with van der Waals surface area (Å²) in [6.45, 7) is 16.2. The molecule has 0 heteroatoms. The molecule has 254 valence electrons. The summed E-state index contributed by atoms with van der Waals surface area (Å²) in [5.41, 5.74) is 0.858. The van der Waals surface area contributed by atoms with Crippen molar-refractivity contribution in [2.45, 2.75) is 219 Å². The molecule has 43 heavy (non-hydrogen) atoms. The van der Waals surface area contributed by atoms with Crippen molar-refractivity contribution >= 4 is 0 Å². The van der Waals surface area contributed by atoms with Gasteiger partial charge in [0.25, 0.3) is 0 Å². The molecule has 1 spiro atoms. The van der Waals surface area contributed by atoms with Crippen molar-refractivity contribution < 1.29 is 0 Å². The Morgan fingerprint density at radius 1 is 0.326 bits per heavy atom. The second kappa shape index (κ2) is 27.8. The van der Waals surface area contributed by atoms with E-state index < -0.39 is 0 Å². The van der Waals surface area contributed by atoms with Crippen LogP contribution in [0.5, 0.6) is 0 Å². The van der Waals surface area contributed by atoms with Gasteiger partial charge in [-0.3, -0.25) is 0 Å². The minimum absolute atomic E-state index is 0.858. The maximum Gasteiger partial charge on any atom is -0.0297 e. The van der Waals surface area contributed by atoms with Crippen LogP contribution in [0.1, 0.15) is 219 Å². The molecule has 7 fully saturated rings. The molecule has 0 atom stereocenters. The van der Waals surface area contributed by atoms with Gasteiger partial charge in [0, 0.05) is 0 Å². The summed E-state index contributed by atoms with van der Waals surface area (Å²) in [5.74, 6) is 4.62. The number of hydrogen-bond acceptors (Lipinski definition) is 0. The van der Waals surface area contributed by atoms with E-state index in [9.17, 15) is 0 Å². The topological polar surface area (TPSA) is 0 Å². The standard InChI is InChI=1S/C11H20.2C10H18.C5H10.C3H8.2C2H4/c1-3-7-11(8-4-1)9-5-2-6-10-11;2*1-2-6-9(5-1)10-7-3-4-8-10;1-2-4-5-3-1;1-3-2;2*1-2/h1-10H2;2*9-10H,1-8H2;1-5H2;3H2,1-2H3;2*1-2H2. The molecular weight excluding hydrogens is 516 g/mol. The van der Waals surface area contributed by atoms with Crippen molar-refractivity contribution in [1.82, 2.24) is 0 Å². The van der Waals surface area contributed by atoms with Crippen molar-refractivity contribution in [3.8, 4) is 0 Å². The van der Waals surface area contributed by atoms with Crippen LogP contribution in [0.4, 0.5) is 0 Å². The highest BCUT2D eigenvalue weighted by molar-refractivity contribution is 4.85. The monoisotopic (exact) mass is 599 g/mol. The molecule has 0 aromatic rings. The van der Waals surface area contributed by atoms with Gasteiger partial charge < -0.3 is 0 Å². The Bertz CT molecular complexity index is 466. The molecule has 0 nitrogen and oxygen atoms in total. The van der Waals surface area contributed by atoms with Gasteiger partial charge in [0.1, 0.15) is 0 Å². The second-order valence-electron chi connectivity index (χ2n) is 15.3. The molecule has 0 aromatic heterocycles. The molecule has 7 aliphatic rings. The van der Waals surface area contributed by atoms with Crippen LogP contribution in [0.3, 0.4) is 0 Å². The number of rotatable bonds is 2. The van der Waals surface area contributed by atoms with Crippen LogP contribution in [0.2, 0.25) is 0 Å². The molecule has 0 amide bonds. The first kappa shape index (κ1) is 40.5. The predicted molar refractivity (Wildman–Crippen MR) is 198 cm³/mol. The van der Waals surface area contributed by atoms with Gasteiger partial charge in [0.15, 0.2) is 0 Å². The van der Waals surface area contributed by atoms with Gasteiger partial charge in [-0.25, -0.2) is 0 Å². The van der Waals surface area contributed by atoms with E-state index in [0.717, 1.165) is 29.1 Å². The fraction of sp³-hybridized carbons (Fsp3) is 0.907. The molecule has 0 bridgehead atoms. The normalized spacial score (nSPS) is 25.2. The van der Waals surface area contributed by atoms with Crippen LogP contribution >= 0.6 is 0 Å². The fourth-order valence-corrected chi connectivity index (χ4v) is 9.70. The van der Waals surface area contributed by atoms with Crippen LogP contribution in [-0.4, -0.2) is 0 Å². The van der Waals surface area contributed by atoms with Gasteiger partial charge in [-0.15, -0.1) is 26.3 Å². The number of hydrogen-bond donors (Lipinski definition) is 0. The minimum Gasteiger partial charge on any atom is -0.106 e. The van der Waals surface area contributed by atoms with E-state index in [0.29, 0.717) is 0 Å². The lowest BCUT2D eigenvalue weighted by molar-refractivity contribution is 0.124. The van der Waals surface area contributed by atoms with Crippen molar-refractivity contribution in [2.24, 2.45) is 29.1 Å². The summed E-state index contributed by atoms with van der Waals surface area (Å²) < 4.78 is 0. The van der Waals surface area contributed by atoms with Crippen LogP contribution in [-0.2, 0) is 0 Å². The molecule has 0 radical (unpaired) electrons. The minimum atomic E-state index is 0.858. The Morgan fingerprint density at radius 3 is 0.674 bits per heavy atom. The first-order chi connectivity index (χ1) is 21.3. The predicted octanol–water partition coefficient (Wildman–Crippen LogP) is 15.6. The second-order valence-corrected chi connectivity index (χ2v) is 15.3. The van der Waals surface area contributed by atoms with E-state index >= 15 is 0 Å². The van der Waals surface area contributed by atoms with Crippen molar-refractivity contribution in [3.63, 3.8) is 0 Å². The van der Waals surface area contributed by atoms with Crippen molar-refractivity contribution in [3.05, 3.63) is 26.3 Å². The van der Waals surface area contributed by atoms with Crippen LogP contribution in [0.25, 0.3) is 0 Å². The van der Waals surface area contributed by atoms with E-state index in [4.69, 9.17) is 0 Å². The molecule has 7 saturated carbocycles. The fourth-order valence-electron chi connectivity index (χ4n) is 9.70. The highest BCUT2D eigenvalue weighted by Gasteiger charge is 2.32. The van der Waals surface area contributed by atoms with Gasteiger partial charge in [-0.2, -0.15) is 0 Å². The van der Waals surface area contributed by atoms with Gasteiger partial charge in [-0.1, -0.05) is 194 Å². The summed E-state index contributed by atoms with van der Waals surface area (Å²) in [6.07, 6.45) is 48.9. The highest BCUT2D eigenvalue weighted by atomic mass is 14.4. The third-order valence-electron chi connectivity index (χ3n) is 12.0. The summed E-state index contributed by atoms with van der Waals surface area (Å²) in [4.78, 5) is 0. The Morgan fingerprint density at radius 2 is 0.488 bits per heavy atom. The van der Waals surface area contributed by atoms with E-state index in [1.165, 1.54) is 128 Å². The Labute approximate surface area is 274 Å². The van der Waals surface area contributed by atoms with Gasteiger partial charge >= 0.3 is 0 Å². The molecular formula is C43H82. The van der Waals surface area contributed by atoms with Gasteiger partial charge in [0.05, 0.1) is 0 Å². The van der Waals surface area contributed by atoms with Crippen LogP contribution < -0.4 is 0 Å². The maximum absolute atomic E-state index is 3.00. The zero-order valence-corrected chi connectivity index (χ0v) is 30.3. The lowest BCUT2D eigenvalue weighted by atomic mass is 9.65. The zero-order valence-electron chi connectivity index (χ0n) is 30.3. The first-order valence-electron chi connectivity index (χ1n) is 20.3. The Balaban J connectivity index is 0.000000273. The molecule has 0 aromatic carbocycles. The summed E-state index contributed by atoms with van der Waals surface area (Å²) in [7, 11) is 0. The third-order valence-corrected chi connectivity index (χ3v) is 12.0. The molecule has 0 N–H and O–H groups in total. The largest absolute Gasteiger partial charge is 0.106 e. The van der Waals surface area contributed by atoms with Crippen LogP contribution in [0, 0.1) is 29.1 Å². The molecule has 0 aliphatic heterocycles. The lowest BCUT2D eigenvalue weighted by Gasteiger charge is -2.40. The lowest BCUT2D eigenvalue weighted by Crippen LogP contribution is -2.26. The van der Waals surface area contributed by atoms with Gasteiger partial charge in [0.2, 0.25) is 0 Å². The third kappa shape index (κ3) is 17.7. The highest BCUT2D eigenvalue weighted by Crippen LogP contribution is 2.47. The average Bonchev–Trinajstić information content (AvgIpc) is 3.91. The smallest absolute Gasteiger partial charge is 0.0297 e. The molecule has 7 rings (SSSR count). The van der Waals surface area contributed by atoms with E-state index in [1.54, 1.807) is 77.0 Å². The Hall–Kier alpha value is -0.520. The molecule has 7 aliphatic carbocycles. The summed E-state index contributed by atoms with van der Waals surface area (Å²) in [6, 6.07) is 0. The van der Waals surface area contributed by atoms with Crippen molar-refractivity contribution in [2.75, 3.05) is 0 Å². The van der Waals surface area contributed by atoms with Crippen LogP contribution in [0.15, 0.2) is 26.3 Å². The SMILES string of the molecule is C1CCC(C2CCCC2)C1.C1CCC(C2CCCC2)C1.C1CCC2(CC1)CCCCC2.C1CCCC1.C=C.C=C.CCC. The van der Waals surface area contributed by atoms with E-state index in [2.05, 4.69) is 40.2 Å². The van der Waals surface area contributed by atoms with E-state index in [-0.39, 0.29) is 0 Å². The summed E-state index contributed by atoms with van der Waals surface area (Å²) in [5, 5.41) is 0. The quantitative estimate of drug-likeness (QED) is 0.277. The van der Waals surface area contributed by atoms with Gasteiger partial charge in [-0.05, 0) is 54.8 Å².